The Bertz CT molecular complexity index is 1150. The van der Waals surface area contributed by atoms with E-state index < -0.39 is 5.91 Å². The summed E-state index contributed by atoms with van der Waals surface area (Å²) in [4.78, 5) is 24.6. The second kappa shape index (κ2) is 5.70. The highest BCUT2D eigenvalue weighted by atomic mass is 35.5. The number of halogens is 1. The van der Waals surface area contributed by atoms with Crippen LogP contribution in [0, 0.1) is 0 Å². The zero-order valence-corrected chi connectivity index (χ0v) is 13.5. The molecule has 1 amide bonds. The van der Waals surface area contributed by atoms with Crippen molar-refractivity contribution in [3.8, 4) is 0 Å². The predicted octanol–water partition coefficient (Wildman–Crippen LogP) is 3.70. The van der Waals surface area contributed by atoms with Gasteiger partial charge in [-0.15, -0.1) is 0 Å². The molecule has 4 rings (SSSR count). The molecule has 1 N–H and O–H groups in total. The highest BCUT2D eigenvalue weighted by molar-refractivity contribution is 7.00. The van der Waals surface area contributed by atoms with Crippen LogP contribution in [-0.4, -0.2) is 14.7 Å². The molecule has 0 saturated heterocycles. The van der Waals surface area contributed by atoms with Gasteiger partial charge in [0.1, 0.15) is 16.6 Å². The maximum absolute atomic E-state index is 12.4. The maximum Gasteiger partial charge on any atom is 0.291 e. The van der Waals surface area contributed by atoms with E-state index in [4.69, 9.17) is 16.0 Å². The SMILES string of the molecule is O=C(Nc1cccc2nsnc12)c1cc(=O)c2cc(Cl)ccc2o1. The summed E-state index contributed by atoms with van der Waals surface area (Å²) >= 11 is 6.93. The Morgan fingerprint density at radius 1 is 1.17 bits per heavy atom. The molecule has 118 valence electrons. The third kappa shape index (κ3) is 2.53. The fraction of sp³-hybridized carbons (Fsp3) is 0. The highest BCUT2D eigenvalue weighted by Crippen LogP contribution is 2.22. The number of rotatable bonds is 2. The van der Waals surface area contributed by atoms with Gasteiger partial charge in [-0.25, -0.2) is 0 Å². The molecule has 0 unspecified atom stereocenters. The van der Waals surface area contributed by atoms with E-state index in [9.17, 15) is 9.59 Å². The number of carbonyl (C=O) groups excluding carboxylic acids is 1. The minimum absolute atomic E-state index is 0.0879. The van der Waals surface area contributed by atoms with Crippen LogP contribution in [-0.2, 0) is 0 Å². The van der Waals surface area contributed by atoms with Gasteiger partial charge in [0.2, 0.25) is 0 Å². The van der Waals surface area contributed by atoms with Crippen molar-refractivity contribution in [1.82, 2.24) is 8.75 Å². The standard InChI is InChI=1S/C16H8ClN3O3S/c17-8-4-5-13-9(6-8)12(21)7-14(23-13)16(22)18-10-2-1-3-11-15(10)20-24-19-11/h1-7H,(H,18,22). The van der Waals surface area contributed by atoms with E-state index in [1.807, 2.05) is 0 Å². The molecule has 4 aromatic rings. The van der Waals surface area contributed by atoms with Crippen molar-refractivity contribution < 1.29 is 9.21 Å². The van der Waals surface area contributed by atoms with E-state index in [-0.39, 0.29) is 11.2 Å². The smallest absolute Gasteiger partial charge is 0.291 e. The van der Waals surface area contributed by atoms with Crippen molar-refractivity contribution >= 4 is 56.9 Å². The first-order valence-electron chi connectivity index (χ1n) is 6.88. The summed E-state index contributed by atoms with van der Waals surface area (Å²) in [5, 5.41) is 3.45. The fourth-order valence-corrected chi connectivity index (χ4v) is 3.05. The van der Waals surface area contributed by atoms with E-state index in [0.29, 0.717) is 32.7 Å². The summed E-state index contributed by atoms with van der Waals surface area (Å²) in [5.74, 6) is -0.625. The summed E-state index contributed by atoms with van der Waals surface area (Å²) in [6.07, 6.45) is 0. The van der Waals surface area contributed by atoms with Crippen molar-refractivity contribution in [1.29, 1.82) is 0 Å². The number of aromatic nitrogens is 2. The van der Waals surface area contributed by atoms with Crippen LogP contribution in [0.4, 0.5) is 5.69 Å². The van der Waals surface area contributed by atoms with Gasteiger partial charge in [-0.1, -0.05) is 17.7 Å². The minimum atomic E-state index is -0.538. The summed E-state index contributed by atoms with van der Waals surface area (Å²) in [6, 6.07) is 11.1. The van der Waals surface area contributed by atoms with Crippen LogP contribution >= 0.6 is 23.3 Å². The third-order valence-electron chi connectivity index (χ3n) is 3.45. The number of nitrogens with one attached hydrogen (secondary N) is 1. The van der Waals surface area contributed by atoms with E-state index in [2.05, 4.69) is 14.1 Å². The van der Waals surface area contributed by atoms with Crippen molar-refractivity contribution in [2.75, 3.05) is 5.32 Å². The molecule has 2 heterocycles. The Balaban J connectivity index is 1.75. The zero-order valence-electron chi connectivity index (χ0n) is 11.9. The van der Waals surface area contributed by atoms with E-state index in [1.54, 1.807) is 30.3 Å². The molecule has 0 atom stereocenters. The molecule has 0 saturated carbocycles. The molecule has 0 aliphatic heterocycles. The molecule has 2 aromatic carbocycles. The average molecular weight is 358 g/mol. The van der Waals surface area contributed by atoms with Crippen molar-refractivity contribution in [3.05, 3.63) is 63.5 Å². The molecule has 2 aromatic heterocycles. The van der Waals surface area contributed by atoms with Gasteiger partial charge in [0.25, 0.3) is 5.91 Å². The Labute approximate surface area is 144 Å². The number of amides is 1. The normalized spacial score (nSPS) is 11.0. The van der Waals surface area contributed by atoms with Gasteiger partial charge < -0.3 is 9.73 Å². The van der Waals surface area contributed by atoms with Gasteiger partial charge in [0.05, 0.1) is 22.8 Å². The lowest BCUT2D eigenvalue weighted by atomic mass is 10.2. The second-order valence-electron chi connectivity index (χ2n) is 5.01. The molecule has 0 aliphatic rings. The minimum Gasteiger partial charge on any atom is -0.451 e. The van der Waals surface area contributed by atoms with Gasteiger partial charge in [0.15, 0.2) is 11.2 Å². The maximum atomic E-state index is 12.4. The Morgan fingerprint density at radius 3 is 2.92 bits per heavy atom. The summed E-state index contributed by atoms with van der Waals surface area (Å²) in [7, 11) is 0. The zero-order chi connectivity index (χ0) is 16.7. The van der Waals surface area contributed by atoms with E-state index in [0.717, 1.165) is 17.8 Å². The van der Waals surface area contributed by atoms with Gasteiger partial charge >= 0.3 is 0 Å². The van der Waals surface area contributed by atoms with E-state index >= 15 is 0 Å². The van der Waals surface area contributed by atoms with Crippen LogP contribution in [0.1, 0.15) is 10.6 Å². The number of hydrogen-bond acceptors (Lipinski definition) is 6. The summed E-state index contributed by atoms with van der Waals surface area (Å²) < 4.78 is 13.8. The number of fused-ring (bicyclic) bond motifs is 2. The van der Waals surface area contributed by atoms with Gasteiger partial charge in [-0.3, -0.25) is 9.59 Å². The third-order valence-corrected chi connectivity index (χ3v) is 4.22. The molecule has 6 nitrogen and oxygen atoms in total. The quantitative estimate of drug-likeness (QED) is 0.591. The first-order valence-corrected chi connectivity index (χ1v) is 7.99. The number of carbonyl (C=O) groups is 1. The van der Waals surface area contributed by atoms with E-state index in [1.165, 1.54) is 6.07 Å². The number of benzene rings is 2. The molecule has 0 spiro atoms. The van der Waals surface area contributed by atoms with Crippen LogP contribution in [0.5, 0.6) is 0 Å². The molecule has 8 heteroatoms. The van der Waals surface area contributed by atoms with Gasteiger partial charge in [-0.05, 0) is 30.3 Å². The molecule has 0 radical (unpaired) electrons. The second-order valence-corrected chi connectivity index (χ2v) is 5.97. The van der Waals surface area contributed by atoms with Crippen LogP contribution in [0.25, 0.3) is 22.0 Å². The Kier molecular flexibility index (Phi) is 3.51. The van der Waals surface area contributed by atoms with Gasteiger partial charge in [0, 0.05) is 11.1 Å². The molecule has 0 aliphatic carbocycles. The van der Waals surface area contributed by atoms with Crippen LogP contribution in [0.3, 0.4) is 0 Å². The Hall–Kier alpha value is -2.77. The average Bonchev–Trinajstić information content (AvgIpc) is 3.05. The number of nitrogens with zero attached hydrogens (tertiary/aromatic N) is 2. The van der Waals surface area contributed by atoms with Crippen molar-refractivity contribution in [3.63, 3.8) is 0 Å². The van der Waals surface area contributed by atoms with Crippen LogP contribution in [0.15, 0.2) is 51.7 Å². The first kappa shape index (κ1) is 14.8. The lowest BCUT2D eigenvalue weighted by molar-refractivity contribution is 0.0997. The Morgan fingerprint density at radius 2 is 2.04 bits per heavy atom. The number of hydrogen-bond donors (Lipinski definition) is 1. The van der Waals surface area contributed by atoms with Crippen LogP contribution < -0.4 is 10.7 Å². The lowest BCUT2D eigenvalue weighted by Crippen LogP contribution is -2.15. The number of anilines is 1. The largest absolute Gasteiger partial charge is 0.451 e. The lowest BCUT2D eigenvalue weighted by Gasteiger charge is -2.06. The molecule has 24 heavy (non-hydrogen) atoms. The summed E-state index contributed by atoms with van der Waals surface area (Å²) in [5.41, 5.74) is 1.74. The van der Waals surface area contributed by atoms with Gasteiger partial charge in [-0.2, -0.15) is 8.75 Å². The monoisotopic (exact) mass is 357 g/mol. The van der Waals surface area contributed by atoms with Crippen molar-refractivity contribution in [2.24, 2.45) is 0 Å². The molecule has 0 fully saturated rings. The topological polar surface area (TPSA) is 85.1 Å². The first-order chi connectivity index (χ1) is 11.6. The van der Waals surface area contributed by atoms with Crippen molar-refractivity contribution in [2.45, 2.75) is 0 Å². The fourth-order valence-electron chi connectivity index (χ4n) is 2.33. The predicted molar refractivity (Wildman–Crippen MR) is 92.9 cm³/mol. The molecular formula is C16H8ClN3O3S. The molecular weight excluding hydrogens is 350 g/mol. The summed E-state index contributed by atoms with van der Waals surface area (Å²) in [6.45, 7) is 0. The molecule has 0 bridgehead atoms. The highest BCUT2D eigenvalue weighted by Gasteiger charge is 2.15. The van der Waals surface area contributed by atoms with Crippen LogP contribution in [0.2, 0.25) is 5.02 Å².